The molecule has 3 aromatic rings. The van der Waals surface area contributed by atoms with E-state index < -0.39 is 28.4 Å². The molecular formula is C20H23F2N7O3S. The fourth-order valence-electron chi connectivity index (χ4n) is 4.04. The molecule has 3 unspecified atom stereocenters. The summed E-state index contributed by atoms with van der Waals surface area (Å²) in [6.07, 6.45) is 1.16. The Morgan fingerprint density at radius 1 is 1.18 bits per heavy atom. The van der Waals surface area contributed by atoms with Crippen molar-refractivity contribution in [3.05, 3.63) is 36.4 Å². The number of aromatic nitrogens is 5. The molecule has 0 amide bonds. The Labute approximate surface area is 189 Å². The van der Waals surface area contributed by atoms with E-state index in [0.717, 1.165) is 6.26 Å². The predicted molar refractivity (Wildman–Crippen MR) is 116 cm³/mol. The Balaban J connectivity index is 1.66. The minimum atomic E-state index is -3.48. The molecule has 0 saturated carbocycles. The highest BCUT2D eigenvalue weighted by molar-refractivity contribution is 7.88. The maximum Gasteiger partial charge on any atom is 0.282 e. The zero-order valence-corrected chi connectivity index (χ0v) is 19.0. The van der Waals surface area contributed by atoms with E-state index in [0.29, 0.717) is 29.4 Å². The molecule has 4 heterocycles. The lowest BCUT2D eigenvalue weighted by Gasteiger charge is -2.38. The average molecular weight is 480 g/mol. The number of rotatable bonds is 6. The number of alkyl halides is 2. The molecule has 10 nitrogen and oxygen atoms in total. The summed E-state index contributed by atoms with van der Waals surface area (Å²) < 4.78 is 53.3. The summed E-state index contributed by atoms with van der Waals surface area (Å²) in [4.78, 5) is 27.4. The number of ketones is 1. The summed E-state index contributed by atoms with van der Waals surface area (Å²) in [7, 11) is -3.48. The van der Waals surface area contributed by atoms with Gasteiger partial charge in [0.1, 0.15) is 29.3 Å². The van der Waals surface area contributed by atoms with Crippen LogP contribution in [0.1, 0.15) is 26.0 Å². The topological polar surface area (TPSA) is 122 Å². The first-order valence-corrected chi connectivity index (χ1v) is 12.1. The van der Waals surface area contributed by atoms with Crippen LogP contribution in [0.4, 0.5) is 14.6 Å². The molecule has 0 bridgehead atoms. The first-order valence-electron chi connectivity index (χ1n) is 10.2. The third-order valence-electron chi connectivity index (χ3n) is 5.61. The van der Waals surface area contributed by atoms with Gasteiger partial charge in [-0.2, -0.15) is 5.10 Å². The van der Waals surface area contributed by atoms with Gasteiger partial charge < -0.3 is 4.90 Å². The zero-order valence-electron chi connectivity index (χ0n) is 18.2. The second kappa shape index (κ2) is 8.71. The van der Waals surface area contributed by atoms with E-state index >= 15 is 0 Å². The minimum Gasteiger partial charge on any atom is -0.355 e. The van der Waals surface area contributed by atoms with Crippen molar-refractivity contribution in [2.45, 2.75) is 26.3 Å². The van der Waals surface area contributed by atoms with E-state index in [1.807, 2.05) is 4.90 Å². The Bertz CT molecular complexity index is 1300. The normalized spacial score (nSPS) is 20.5. The van der Waals surface area contributed by atoms with E-state index in [-0.39, 0.29) is 23.9 Å². The van der Waals surface area contributed by atoms with Gasteiger partial charge in [0.2, 0.25) is 10.0 Å². The van der Waals surface area contributed by atoms with E-state index in [2.05, 4.69) is 24.8 Å². The van der Waals surface area contributed by atoms with E-state index in [9.17, 15) is 22.0 Å². The average Bonchev–Trinajstić information content (AvgIpc) is 3.17. The molecule has 1 saturated heterocycles. The molecule has 0 radical (unpaired) electrons. The van der Waals surface area contributed by atoms with Crippen molar-refractivity contribution >= 4 is 27.3 Å². The van der Waals surface area contributed by atoms with Gasteiger partial charge in [-0.05, 0) is 19.1 Å². The van der Waals surface area contributed by atoms with Crippen molar-refractivity contribution in [3.63, 3.8) is 0 Å². The largest absolute Gasteiger partial charge is 0.355 e. The smallest absolute Gasteiger partial charge is 0.282 e. The number of hydrogen-bond acceptors (Lipinski definition) is 8. The SMILES string of the molecule is CC1CN(c2cc(-c3cnc4ccc(C(F)F)nn34)ncn2)CC(C(C)NS(C)(=O)=O)C1=O. The van der Waals surface area contributed by atoms with Crippen LogP contribution in [-0.2, 0) is 14.8 Å². The van der Waals surface area contributed by atoms with E-state index in [1.165, 1.54) is 29.2 Å². The highest BCUT2D eigenvalue weighted by atomic mass is 32.2. The quantitative estimate of drug-likeness (QED) is 0.567. The van der Waals surface area contributed by atoms with Gasteiger partial charge in [-0.15, -0.1) is 0 Å². The molecule has 1 aliphatic rings. The number of fused-ring (bicyclic) bond motifs is 1. The standard InChI is InChI=1S/C20H23F2N7O3S/c1-11-8-28(9-13(19(11)30)12(2)27-33(3,31)32)18-6-15(24-10-25-18)16-7-23-17-5-4-14(20(21)22)26-29(16)17/h4-7,10-13,20,27H,8-9H2,1-3H3. The molecule has 0 aromatic carbocycles. The summed E-state index contributed by atoms with van der Waals surface area (Å²) in [5.74, 6) is -0.393. The molecular weight excluding hydrogens is 456 g/mol. The number of nitrogens with one attached hydrogen (secondary N) is 1. The van der Waals surface area contributed by atoms with Crippen LogP contribution >= 0.6 is 0 Å². The Morgan fingerprint density at radius 3 is 2.64 bits per heavy atom. The van der Waals surface area contributed by atoms with Gasteiger partial charge in [0.25, 0.3) is 6.43 Å². The van der Waals surface area contributed by atoms with Gasteiger partial charge in [0.05, 0.1) is 24.1 Å². The van der Waals surface area contributed by atoms with Crippen LogP contribution in [0.3, 0.4) is 0 Å². The van der Waals surface area contributed by atoms with Crippen molar-refractivity contribution in [1.82, 2.24) is 29.3 Å². The first-order chi connectivity index (χ1) is 15.5. The third-order valence-corrected chi connectivity index (χ3v) is 6.41. The molecule has 33 heavy (non-hydrogen) atoms. The maximum absolute atomic E-state index is 13.1. The fraction of sp³-hybridized carbons (Fsp3) is 0.450. The number of imidazole rings is 1. The van der Waals surface area contributed by atoms with E-state index in [4.69, 9.17) is 0 Å². The number of Topliss-reactive ketones (excluding diaryl/α,β-unsaturated/α-hetero) is 1. The van der Waals surface area contributed by atoms with Gasteiger partial charge in [-0.1, -0.05) is 6.92 Å². The number of carbonyl (C=O) groups is 1. The summed E-state index contributed by atoms with van der Waals surface area (Å²) in [5, 5.41) is 3.96. The molecule has 1 fully saturated rings. The summed E-state index contributed by atoms with van der Waals surface area (Å²) in [6.45, 7) is 4.12. The Morgan fingerprint density at radius 2 is 1.94 bits per heavy atom. The Kier molecular flexibility index (Phi) is 6.10. The van der Waals surface area contributed by atoms with Crippen molar-refractivity contribution in [2.24, 2.45) is 11.8 Å². The van der Waals surface area contributed by atoms with Crippen LogP contribution in [0.2, 0.25) is 0 Å². The van der Waals surface area contributed by atoms with Crippen LogP contribution in [-0.4, -0.2) is 64.2 Å². The second-order valence-corrected chi connectivity index (χ2v) is 10.0. The fourth-order valence-corrected chi connectivity index (χ4v) is 4.88. The minimum absolute atomic E-state index is 0.0188. The summed E-state index contributed by atoms with van der Waals surface area (Å²) >= 11 is 0. The number of halogens is 2. The van der Waals surface area contributed by atoms with Gasteiger partial charge in [-0.3, -0.25) is 4.79 Å². The summed E-state index contributed by atoms with van der Waals surface area (Å²) in [6, 6.07) is 3.77. The maximum atomic E-state index is 13.1. The van der Waals surface area contributed by atoms with Crippen LogP contribution in [0.25, 0.3) is 17.0 Å². The zero-order chi connectivity index (χ0) is 23.9. The molecule has 3 aromatic heterocycles. The van der Waals surface area contributed by atoms with Crippen molar-refractivity contribution in [1.29, 1.82) is 0 Å². The highest BCUT2D eigenvalue weighted by Gasteiger charge is 2.37. The lowest BCUT2D eigenvalue weighted by molar-refractivity contribution is -0.127. The van der Waals surface area contributed by atoms with Gasteiger partial charge in [0, 0.05) is 31.1 Å². The number of nitrogens with zero attached hydrogens (tertiary/aromatic N) is 6. The molecule has 3 atom stereocenters. The predicted octanol–water partition coefficient (Wildman–Crippen LogP) is 1.70. The molecule has 176 valence electrons. The second-order valence-electron chi connectivity index (χ2n) is 8.23. The third kappa shape index (κ3) is 4.83. The van der Waals surface area contributed by atoms with Crippen molar-refractivity contribution in [3.8, 4) is 11.4 Å². The van der Waals surface area contributed by atoms with Crippen LogP contribution in [0.5, 0.6) is 0 Å². The van der Waals surface area contributed by atoms with Gasteiger partial charge >= 0.3 is 0 Å². The van der Waals surface area contributed by atoms with E-state index in [1.54, 1.807) is 19.9 Å². The van der Waals surface area contributed by atoms with Crippen LogP contribution < -0.4 is 9.62 Å². The number of hydrogen-bond donors (Lipinski definition) is 1. The molecule has 1 aliphatic heterocycles. The first kappa shape index (κ1) is 23.1. The number of carbonyl (C=O) groups excluding carboxylic acids is 1. The molecule has 0 aliphatic carbocycles. The van der Waals surface area contributed by atoms with Crippen molar-refractivity contribution < 1.29 is 22.0 Å². The van der Waals surface area contributed by atoms with Crippen molar-refractivity contribution in [2.75, 3.05) is 24.2 Å². The monoisotopic (exact) mass is 479 g/mol. The van der Waals surface area contributed by atoms with Gasteiger partial charge in [-0.25, -0.2) is 41.4 Å². The molecule has 0 spiro atoms. The van der Waals surface area contributed by atoms with Crippen LogP contribution in [0, 0.1) is 11.8 Å². The van der Waals surface area contributed by atoms with Crippen LogP contribution in [0.15, 0.2) is 30.7 Å². The molecule has 4 rings (SSSR count). The van der Waals surface area contributed by atoms with Gasteiger partial charge in [0.15, 0.2) is 5.65 Å². The number of anilines is 1. The lowest BCUT2D eigenvalue weighted by atomic mass is 9.85. The molecule has 1 N–H and O–H groups in total. The Hall–Kier alpha value is -3.06. The molecule has 13 heteroatoms. The lowest BCUT2D eigenvalue weighted by Crippen LogP contribution is -2.53. The summed E-state index contributed by atoms with van der Waals surface area (Å²) in [5.41, 5.74) is 0.859. The number of piperidine rings is 1. The number of sulfonamides is 1. The highest BCUT2D eigenvalue weighted by Crippen LogP contribution is 2.28.